The molecule has 1 saturated heterocycles. The van der Waals surface area contributed by atoms with Crippen LogP contribution in [0.25, 0.3) is 0 Å². The molecule has 3 N–H and O–H groups in total. The Morgan fingerprint density at radius 1 is 1.50 bits per heavy atom. The number of nitrogens with zero attached hydrogens (tertiary/aromatic N) is 1. The molecule has 4 nitrogen and oxygen atoms in total. The van der Waals surface area contributed by atoms with Crippen LogP contribution >= 0.6 is 12.4 Å². The summed E-state index contributed by atoms with van der Waals surface area (Å²) < 4.78 is 0. The molecule has 0 radical (unpaired) electrons. The van der Waals surface area contributed by atoms with E-state index in [0.29, 0.717) is 6.54 Å². The number of carbonyl (C=O) groups excluding carboxylic acids is 1. The van der Waals surface area contributed by atoms with Crippen molar-refractivity contribution in [3.05, 3.63) is 29.3 Å². The Labute approximate surface area is 127 Å². The Balaban J connectivity index is 0.00000200. The number of anilines is 1. The first-order chi connectivity index (χ1) is 9.10. The summed E-state index contributed by atoms with van der Waals surface area (Å²) in [6.07, 6.45) is 1.91. The summed E-state index contributed by atoms with van der Waals surface area (Å²) >= 11 is 0. The van der Waals surface area contributed by atoms with Gasteiger partial charge in [-0.3, -0.25) is 9.69 Å². The standard InChI is InChI=1S/C15H23N3O.ClH/c1-3-12-6-4-5-11(2)15(12)17-14(19)10-18-8-7-13(16)9-18;/h4-6,13H,3,7-10,16H2,1-2H3,(H,17,19);1H. The van der Waals surface area contributed by atoms with Crippen LogP contribution in [-0.4, -0.2) is 36.5 Å². The molecular weight excluding hydrogens is 274 g/mol. The van der Waals surface area contributed by atoms with Crippen LogP contribution in [0.4, 0.5) is 5.69 Å². The van der Waals surface area contributed by atoms with Crippen molar-refractivity contribution in [2.75, 3.05) is 25.0 Å². The second-order valence-electron chi connectivity index (χ2n) is 5.29. The fourth-order valence-electron chi connectivity index (χ4n) is 2.59. The molecule has 1 aromatic carbocycles. The SMILES string of the molecule is CCc1cccc(C)c1NC(=O)CN1CCC(N)C1.Cl. The lowest BCUT2D eigenvalue weighted by molar-refractivity contribution is -0.117. The summed E-state index contributed by atoms with van der Waals surface area (Å²) in [5, 5.41) is 3.05. The monoisotopic (exact) mass is 297 g/mol. The molecule has 0 aliphatic carbocycles. The Kier molecular flexibility index (Phi) is 6.46. The van der Waals surface area contributed by atoms with Crippen LogP contribution in [0.5, 0.6) is 0 Å². The van der Waals surface area contributed by atoms with Crippen molar-refractivity contribution in [3.63, 3.8) is 0 Å². The van der Waals surface area contributed by atoms with E-state index in [1.54, 1.807) is 0 Å². The van der Waals surface area contributed by atoms with Crippen LogP contribution in [0, 0.1) is 6.92 Å². The zero-order valence-corrected chi connectivity index (χ0v) is 13.0. The first kappa shape index (κ1) is 17.0. The van der Waals surface area contributed by atoms with Gasteiger partial charge in [-0.1, -0.05) is 25.1 Å². The third kappa shape index (κ3) is 4.20. The van der Waals surface area contributed by atoms with Crippen LogP contribution in [0.3, 0.4) is 0 Å². The number of hydrogen-bond donors (Lipinski definition) is 2. The quantitative estimate of drug-likeness (QED) is 0.893. The minimum absolute atomic E-state index is 0. The number of amides is 1. The summed E-state index contributed by atoms with van der Waals surface area (Å²) in [5.41, 5.74) is 9.12. The number of carbonyl (C=O) groups is 1. The molecule has 1 atom stereocenters. The lowest BCUT2D eigenvalue weighted by Gasteiger charge is -2.17. The van der Waals surface area contributed by atoms with Crippen LogP contribution in [0.1, 0.15) is 24.5 Å². The molecule has 0 spiro atoms. The number of para-hydroxylation sites is 1. The van der Waals surface area contributed by atoms with Crippen molar-refractivity contribution < 1.29 is 4.79 Å². The summed E-state index contributed by atoms with van der Waals surface area (Å²) in [6.45, 7) is 6.31. The van der Waals surface area contributed by atoms with Crippen molar-refractivity contribution in [2.45, 2.75) is 32.7 Å². The zero-order chi connectivity index (χ0) is 13.8. The smallest absolute Gasteiger partial charge is 0.238 e. The van der Waals surface area contributed by atoms with Crippen molar-refractivity contribution >= 4 is 24.0 Å². The molecule has 1 aliphatic heterocycles. The average Bonchev–Trinajstić information content (AvgIpc) is 2.77. The van der Waals surface area contributed by atoms with Gasteiger partial charge in [-0.05, 0) is 30.9 Å². The number of rotatable bonds is 4. The minimum atomic E-state index is 0. The van der Waals surface area contributed by atoms with Crippen LogP contribution < -0.4 is 11.1 Å². The van der Waals surface area contributed by atoms with Crippen molar-refractivity contribution in [2.24, 2.45) is 5.73 Å². The van der Waals surface area contributed by atoms with E-state index >= 15 is 0 Å². The molecule has 20 heavy (non-hydrogen) atoms. The predicted octanol–water partition coefficient (Wildman–Crippen LogP) is 1.95. The van der Waals surface area contributed by atoms with E-state index in [1.807, 2.05) is 19.1 Å². The van der Waals surface area contributed by atoms with Crippen LogP contribution in [0.2, 0.25) is 0 Å². The van der Waals surface area contributed by atoms with Gasteiger partial charge in [-0.2, -0.15) is 0 Å². The maximum atomic E-state index is 12.1. The number of nitrogens with two attached hydrogens (primary N) is 1. The molecule has 1 heterocycles. The summed E-state index contributed by atoms with van der Waals surface area (Å²) in [4.78, 5) is 14.2. The average molecular weight is 298 g/mol. The predicted molar refractivity (Wildman–Crippen MR) is 85.5 cm³/mol. The molecule has 1 aliphatic rings. The number of hydrogen-bond acceptors (Lipinski definition) is 3. The minimum Gasteiger partial charge on any atom is -0.326 e. The number of benzene rings is 1. The van der Waals surface area contributed by atoms with E-state index in [1.165, 1.54) is 5.56 Å². The second kappa shape index (κ2) is 7.62. The Morgan fingerprint density at radius 3 is 2.85 bits per heavy atom. The van der Waals surface area contributed by atoms with E-state index in [-0.39, 0.29) is 24.4 Å². The van der Waals surface area contributed by atoms with Crippen molar-refractivity contribution in [1.29, 1.82) is 0 Å². The molecule has 1 unspecified atom stereocenters. The maximum Gasteiger partial charge on any atom is 0.238 e. The van der Waals surface area contributed by atoms with Gasteiger partial charge in [-0.15, -0.1) is 12.4 Å². The molecule has 112 valence electrons. The van der Waals surface area contributed by atoms with Gasteiger partial charge in [0.15, 0.2) is 0 Å². The summed E-state index contributed by atoms with van der Waals surface area (Å²) in [7, 11) is 0. The highest BCUT2D eigenvalue weighted by Crippen LogP contribution is 2.21. The molecule has 0 bridgehead atoms. The first-order valence-electron chi connectivity index (χ1n) is 6.96. The summed E-state index contributed by atoms with van der Waals surface area (Å²) in [6, 6.07) is 6.34. The topological polar surface area (TPSA) is 58.4 Å². The molecule has 5 heteroatoms. The number of halogens is 1. The lowest BCUT2D eigenvalue weighted by Crippen LogP contribution is -2.34. The maximum absolute atomic E-state index is 12.1. The highest BCUT2D eigenvalue weighted by molar-refractivity contribution is 5.93. The van der Waals surface area contributed by atoms with Gasteiger partial charge in [-0.25, -0.2) is 0 Å². The zero-order valence-electron chi connectivity index (χ0n) is 12.2. The fraction of sp³-hybridized carbons (Fsp3) is 0.533. The van der Waals surface area contributed by atoms with Crippen molar-refractivity contribution in [1.82, 2.24) is 4.90 Å². The van der Waals surface area contributed by atoms with Crippen molar-refractivity contribution in [3.8, 4) is 0 Å². The number of nitrogens with one attached hydrogen (secondary N) is 1. The lowest BCUT2D eigenvalue weighted by atomic mass is 10.1. The highest BCUT2D eigenvalue weighted by Gasteiger charge is 2.21. The van der Waals surface area contributed by atoms with E-state index in [0.717, 1.165) is 37.2 Å². The molecule has 1 amide bonds. The number of likely N-dealkylation sites (tertiary alicyclic amines) is 1. The van der Waals surface area contributed by atoms with E-state index < -0.39 is 0 Å². The highest BCUT2D eigenvalue weighted by atomic mass is 35.5. The Hall–Kier alpha value is -1.10. The van der Waals surface area contributed by atoms with Gasteiger partial charge < -0.3 is 11.1 Å². The molecule has 2 rings (SSSR count). The van der Waals surface area contributed by atoms with E-state index in [9.17, 15) is 4.79 Å². The van der Waals surface area contributed by atoms with Gasteiger partial charge in [0.25, 0.3) is 0 Å². The van der Waals surface area contributed by atoms with Gasteiger partial charge >= 0.3 is 0 Å². The second-order valence-corrected chi connectivity index (χ2v) is 5.29. The normalized spacial score (nSPS) is 18.6. The largest absolute Gasteiger partial charge is 0.326 e. The van der Waals surface area contributed by atoms with Gasteiger partial charge in [0.1, 0.15) is 0 Å². The fourth-order valence-corrected chi connectivity index (χ4v) is 2.59. The van der Waals surface area contributed by atoms with Gasteiger partial charge in [0, 0.05) is 24.8 Å². The first-order valence-corrected chi connectivity index (χ1v) is 6.96. The van der Waals surface area contributed by atoms with E-state index in [2.05, 4.69) is 23.2 Å². The molecular formula is C15H24ClN3O. The summed E-state index contributed by atoms with van der Waals surface area (Å²) in [5.74, 6) is 0.0538. The van der Waals surface area contributed by atoms with E-state index in [4.69, 9.17) is 5.73 Å². The third-order valence-corrected chi connectivity index (χ3v) is 3.68. The van der Waals surface area contributed by atoms with Gasteiger partial charge in [0.05, 0.1) is 6.54 Å². The van der Waals surface area contributed by atoms with Crippen LogP contribution in [0.15, 0.2) is 18.2 Å². The van der Waals surface area contributed by atoms with Gasteiger partial charge in [0.2, 0.25) is 5.91 Å². The number of aryl methyl sites for hydroxylation is 2. The Bertz CT molecular complexity index is 464. The Morgan fingerprint density at radius 2 is 2.25 bits per heavy atom. The molecule has 0 saturated carbocycles. The molecule has 0 aromatic heterocycles. The molecule has 1 fully saturated rings. The van der Waals surface area contributed by atoms with Crippen LogP contribution in [-0.2, 0) is 11.2 Å². The molecule has 1 aromatic rings. The third-order valence-electron chi connectivity index (χ3n) is 3.68.